The van der Waals surface area contributed by atoms with Gasteiger partial charge in [0.25, 0.3) is 5.69 Å². The molecule has 2 aromatic rings. The maximum Gasteiger partial charge on any atom is 0.272 e. The van der Waals surface area contributed by atoms with E-state index in [1.807, 2.05) is 27.4 Å². The number of nitro benzene ring substituents is 1. The van der Waals surface area contributed by atoms with Crippen molar-refractivity contribution in [2.45, 2.75) is 4.90 Å². The Morgan fingerprint density at radius 1 is 1.12 bits per heavy atom. The van der Waals surface area contributed by atoms with Crippen molar-refractivity contribution in [1.29, 1.82) is 0 Å². The predicted octanol–water partition coefficient (Wildman–Crippen LogP) is 3.70. The topological polar surface area (TPSA) is 69.9 Å². The molecule has 0 amide bonds. The second-order valence-corrected chi connectivity index (χ2v) is 11.2. The number of non-ortho nitro benzene ring substituents is 1. The maximum absolute atomic E-state index is 14.8. The number of nitro groups is 1. The van der Waals surface area contributed by atoms with Crippen LogP contribution in [0.3, 0.4) is 0 Å². The van der Waals surface area contributed by atoms with E-state index in [1.54, 1.807) is 0 Å². The number of anilines is 2. The molecule has 1 saturated heterocycles. The van der Waals surface area contributed by atoms with Crippen LogP contribution in [0.1, 0.15) is 5.56 Å². The van der Waals surface area contributed by atoms with Gasteiger partial charge >= 0.3 is 0 Å². The van der Waals surface area contributed by atoms with Crippen molar-refractivity contribution in [3.63, 3.8) is 0 Å². The Balaban J connectivity index is 1.81. The molecule has 0 aromatic heterocycles. The summed E-state index contributed by atoms with van der Waals surface area (Å²) >= 11 is 7.01. The van der Waals surface area contributed by atoms with E-state index in [1.165, 1.54) is 12.1 Å². The fourth-order valence-corrected chi connectivity index (χ4v) is 8.78. The number of hydrogen-bond acceptors (Lipinski definition) is 5. The highest BCUT2D eigenvalue weighted by atomic mass is 79.9. The van der Waals surface area contributed by atoms with Gasteiger partial charge in [0.2, 0.25) is 0 Å². The van der Waals surface area contributed by atoms with Crippen LogP contribution in [0, 0.1) is 22.5 Å². The molecule has 10 heteroatoms. The Bertz CT molecular complexity index is 1200. The molecule has 0 spiro atoms. The van der Waals surface area contributed by atoms with Gasteiger partial charge in [0.15, 0.2) is 0 Å². The molecule has 2 aromatic carbocycles. The number of terminal acetylenes is 1. The molecule has 2 aliphatic heterocycles. The molecule has 0 aliphatic carbocycles. The highest BCUT2D eigenvalue weighted by Crippen LogP contribution is 2.42. The summed E-state index contributed by atoms with van der Waals surface area (Å²) in [5.74, 6) is 2.58. The van der Waals surface area contributed by atoms with E-state index in [4.69, 9.17) is 6.42 Å². The number of hydrogen-bond donors (Lipinski definition) is 0. The molecule has 2 aliphatic rings. The first-order chi connectivity index (χ1) is 15.4. The lowest BCUT2D eigenvalue weighted by atomic mass is 10.1. The number of para-hydroxylation sites is 1. The van der Waals surface area contributed by atoms with Gasteiger partial charge in [0.1, 0.15) is 4.99 Å². The van der Waals surface area contributed by atoms with Crippen LogP contribution in [0.25, 0.3) is 0 Å². The molecule has 0 bridgehead atoms. The maximum atomic E-state index is 14.8. The van der Waals surface area contributed by atoms with Crippen LogP contribution < -0.4 is 9.80 Å². The van der Waals surface area contributed by atoms with Gasteiger partial charge in [-0.25, -0.2) is 8.51 Å². The predicted molar refractivity (Wildman–Crippen MR) is 138 cm³/mol. The number of fused-ring (bicyclic) bond motifs is 1. The average Bonchev–Trinajstić information content (AvgIpc) is 3.07. The van der Waals surface area contributed by atoms with Gasteiger partial charge in [-0.05, 0) is 12.1 Å². The lowest BCUT2D eigenvalue weighted by Crippen LogP contribution is -2.50. The van der Waals surface area contributed by atoms with E-state index in [0.717, 1.165) is 5.69 Å². The summed E-state index contributed by atoms with van der Waals surface area (Å²) in [7, 11) is -2.89. The summed E-state index contributed by atoms with van der Waals surface area (Å²) in [6, 6.07) is 13.0. The van der Waals surface area contributed by atoms with Crippen LogP contribution >= 0.6 is 31.9 Å². The van der Waals surface area contributed by atoms with Gasteiger partial charge in [-0.3, -0.25) is 10.1 Å². The van der Waals surface area contributed by atoms with Crippen molar-refractivity contribution in [2.75, 3.05) is 53.2 Å². The number of rotatable bonds is 6. The first-order valence-corrected chi connectivity index (χ1v) is 13.8. The average molecular weight is 582 g/mol. The van der Waals surface area contributed by atoms with E-state index >= 15 is 0 Å². The number of halogens is 2. The first kappa shape index (κ1) is 23.1. The number of nitrogens with zero attached hydrogens (tertiary/aromatic N) is 4. The van der Waals surface area contributed by atoms with Gasteiger partial charge in [-0.15, -0.1) is 6.42 Å². The molecule has 1 atom stereocenters. The molecular weight excluding hydrogens is 560 g/mol. The highest BCUT2D eigenvalue weighted by Gasteiger charge is 2.41. The summed E-state index contributed by atoms with van der Waals surface area (Å²) in [6.07, 6.45) is 5.74. The molecular formula is C22H22Br2N4O3S. The van der Waals surface area contributed by atoms with Crippen LogP contribution in [0.15, 0.2) is 47.4 Å². The van der Waals surface area contributed by atoms with E-state index < -0.39 is 14.6 Å². The van der Waals surface area contributed by atoms with Gasteiger partial charge in [-0.2, -0.15) is 0 Å². The fourth-order valence-electron chi connectivity index (χ4n) is 4.30. The monoisotopic (exact) mass is 580 g/mol. The fraction of sp³-hybridized carbons (Fsp3) is 0.318. The van der Waals surface area contributed by atoms with Gasteiger partial charge in [0, 0.05) is 55.9 Å². The van der Waals surface area contributed by atoms with Gasteiger partial charge in [0.05, 0.1) is 36.1 Å². The zero-order chi connectivity index (χ0) is 22.9. The molecule has 2 heterocycles. The standard InChI is InChI=1S/C22H22Br2N4O3S/c1-2-17-14-19(28(29)30)15-20-22(17)27(9-8-23)21(16-24)32(20,31)26-12-10-25(11-13-26)18-6-4-3-5-7-18/h1,3-7,14-15H,8-13,16H2. The third-order valence-electron chi connectivity index (χ3n) is 5.76. The quantitative estimate of drug-likeness (QED) is 0.171. The smallest absolute Gasteiger partial charge is 0.272 e. The minimum absolute atomic E-state index is 0.137. The Hall–Kier alpha value is -2.06. The molecule has 0 N–H and O–H groups in total. The third kappa shape index (κ3) is 3.81. The summed E-state index contributed by atoms with van der Waals surface area (Å²) in [5.41, 5.74) is 2.02. The minimum Gasteiger partial charge on any atom is -0.369 e. The molecule has 1 fully saturated rings. The summed E-state index contributed by atoms with van der Waals surface area (Å²) in [6.45, 7) is 3.11. The van der Waals surface area contributed by atoms with Crippen molar-refractivity contribution in [2.24, 2.45) is 0 Å². The van der Waals surface area contributed by atoms with Crippen LogP contribution in [0.2, 0.25) is 0 Å². The van der Waals surface area contributed by atoms with E-state index in [0.29, 0.717) is 64.5 Å². The Morgan fingerprint density at radius 2 is 1.81 bits per heavy atom. The normalized spacial score (nSPS) is 20.8. The minimum atomic E-state index is -2.89. The molecule has 7 nitrogen and oxygen atoms in total. The summed E-state index contributed by atoms with van der Waals surface area (Å²) in [5, 5.41) is 12.6. The lowest BCUT2D eigenvalue weighted by molar-refractivity contribution is -0.385. The molecule has 32 heavy (non-hydrogen) atoms. The van der Waals surface area contributed by atoms with E-state index in [2.05, 4.69) is 54.8 Å². The van der Waals surface area contributed by atoms with Crippen LogP contribution in [-0.4, -0.2) is 61.8 Å². The van der Waals surface area contributed by atoms with Crippen LogP contribution in [0.4, 0.5) is 17.1 Å². The number of piperazine rings is 1. The van der Waals surface area contributed by atoms with Crippen LogP contribution in [-0.2, 0) is 9.71 Å². The summed E-state index contributed by atoms with van der Waals surface area (Å²) < 4.78 is 16.8. The van der Waals surface area contributed by atoms with E-state index in [9.17, 15) is 14.3 Å². The Morgan fingerprint density at radius 3 is 2.38 bits per heavy atom. The second kappa shape index (κ2) is 9.43. The Kier molecular flexibility index (Phi) is 6.81. The number of alkyl halides is 2. The van der Waals surface area contributed by atoms with Crippen molar-refractivity contribution < 1.29 is 9.13 Å². The van der Waals surface area contributed by atoms with Crippen molar-refractivity contribution in [3.05, 3.63) is 58.1 Å². The van der Waals surface area contributed by atoms with Crippen molar-refractivity contribution in [3.8, 4) is 12.3 Å². The SMILES string of the molecule is C#Cc1cc([N+](=O)[O-])cc2c1N(CCBr)C(CBr)=S2(=O)N1CCN(c2ccccc2)CC1. The van der Waals surface area contributed by atoms with Gasteiger partial charge in [-0.1, -0.05) is 56.0 Å². The van der Waals surface area contributed by atoms with Crippen molar-refractivity contribution in [1.82, 2.24) is 4.31 Å². The zero-order valence-electron chi connectivity index (χ0n) is 17.2. The lowest BCUT2D eigenvalue weighted by Gasteiger charge is -2.37. The summed E-state index contributed by atoms with van der Waals surface area (Å²) in [4.78, 5) is 16.5. The molecule has 0 radical (unpaired) electrons. The molecule has 4 rings (SSSR count). The zero-order valence-corrected chi connectivity index (χ0v) is 21.2. The van der Waals surface area contributed by atoms with Crippen molar-refractivity contribution >= 4 is 63.6 Å². The first-order valence-electron chi connectivity index (χ1n) is 10.1. The Labute approximate surface area is 204 Å². The van der Waals surface area contributed by atoms with Crippen LogP contribution in [0.5, 0.6) is 0 Å². The third-order valence-corrected chi connectivity index (χ3v) is 10.0. The van der Waals surface area contributed by atoms with Gasteiger partial charge < -0.3 is 9.80 Å². The second-order valence-electron chi connectivity index (χ2n) is 7.39. The molecule has 0 saturated carbocycles. The molecule has 1 unspecified atom stereocenters. The number of benzene rings is 2. The molecule has 168 valence electrons. The van der Waals surface area contributed by atoms with E-state index in [-0.39, 0.29) is 5.69 Å². The largest absolute Gasteiger partial charge is 0.369 e. The highest BCUT2D eigenvalue weighted by molar-refractivity contribution is 9.09.